The molecule has 25 heavy (non-hydrogen) atoms. The van der Waals surface area contributed by atoms with Gasteiger partial charge in [0.1, 0.15) is 17.7 Å². The zero-order valence-corrected chi connectivity index (χ0v) is 13.6. The molecule has 9 heteroatoms. The third-order valence-corrected chi connectivity index (χ3v) is 3.81. The van der Waals surface area contributed by atoms with Crippen LogP contribution in [0.25, 0.3) is 11.4 Å². The first-order chi connectivity index (χ1) is 12.0. The topological polar surface area (TPSA) is 113 Å². The number of carbonyl (C=O) groups is 2. The maximum absolute atomic E-state index is 14.5. The Hall–Kier alpha value is -2.94. The Morgan fingerprint density at radius 3 is 3.00 bits per heavy atom. The molecule has 2 aromatic rings. The first-order valence-electron chi connectivity index (χ1n) is 7.74. The number of aromatic amines is 1. The zero-order valence-electron chi connectivity index (χ0n) is 13.6. The molecule has 2 amide bonds. The zero-order chi connectivity index (χ0) is 18.0. The Bertz CT molecular complexity index is 807. The smallest absolute Gasteiger partial charge is 0.414 e. The number of nitrogens with two attached hydrogens (primary N) is 1. The standard InChI is InChI=1S/C16H18FN5O3/c1-9(23)19-7-12-8-22(16(24)25-12)11-2-3-13(14(17)4-11)15-20-6-10(5-18)21-15/h2-4,6,12H,5,7-8,18H2,1H3,(H,19,23)(H,20,21)/t12-/m0/s1. The normalized spacial score (nSPS) is 16.8. The molecule has 4 N–H and O–H groups in total. The monoisotopic (exact) mass is 347 g/mol. The molecule has 1 aromatic heterocycles. The Morgan fingerprint density at radius 2 is 2.36 bits per heavy atom. The molecule has 0 bridgehead atoms. The number of hydrogen-bond donors (Lipinski definition) is 3. The second-order valence-electron chi connectivity index (χ2n) is 5.66. The van der Waals surface area contributed by atoms with Crippen molar-refractivity contribution in [2.45, 2.75) is 19.6 Å². The molecular formula is C16H18FN5O3. The van der Waals surface area contributed by atoms with Gasteiger partial charge in [-0.05, 0) is 18.2 Å². The number of halogens is 1. The Kier molecular flexibility index (Phi) is 4.66. The predicted molar refractivity (Wildman–Crippen MR) is 88.2 cm³/mol. The highest BCUT2D eigenvalue weighted by Gasteiger charge is 2.32. The summed E-state index contributed by atoms with van der Waals surface area (Å²) in [4.78, 5) is 31.3. The number of cyclic esters (lactones) is 1. The molecule has 8 nitrogen and oxygen atoms in total. The summed E-state index contributed by atoms with van der Waals surface area (Å²) < 4.78 is 19.6. The quantitative estimate of drug-likeness (QED) is 0.750. The summed E-state index contributed by atoms with van der Waals surface area (Å²) in [5, 5.41) is 2.59. The van der Waals surface area contributed by atoms with E-state index in [0.717, 1.165) is 0 Å². The van der Waals surface area contributed by atoms with Crippen LogP contribution in [0.1, 0.15) is 12.6 Å². The summed E-state index contributed by atoms with van der Waals surface area (Å²) in [5.74, 6) is -0.356. The maximum atomic E-state index is 14.5. The molecule has 1 aromatic carbocycles. The van der Waals surface area contributed by atoms with Gasteiger partial charge < -0.3 is 20.8 Å². The maximum Gasteiger partial charge on any atom is 0.414 e. The van der Waals surface area contributed by atoms with Crippen molar-refractivity contribution in [1.29, 1.82) is 0 Å². The number of H-pyrrole nitrogens is 1. The van der Waals surface area contributed by atoms with Gasteiger partial charge in [-0.2, -0.15) is 0 Å². The third-order valence-electron chi connectivity index (χ3n) is 3.81. The van der Waals surface area contributed by atoms with E-state index in [2.05, 4.69) is 15.3 Å². The summed E-state index contributed by atoms with van der Waals surface area (Å²) >= 11 is 0. The van der Waals surface area contributed by atoms with E-state index in [4.69, 9.17) is 10.5 Å². The summed E-state index contributed by atoms with van der Waals surface area (Å²) in [6, 6.07) is 4.41. The lowest BCUT2D eigenvalue weighted by Gasteiger charge is -2.14. The number of nitrogens with zero attached hydrogens (tertiary/aromatic N) is 2. The minimum atomic E-state index is -0.578. The highest BCUT2D eigenvalue weighted by atomic mass is 19.1. The van der Waals surface area contributed by atoms with Crippen LogP contribution in [0.4, 0.5) is 14.9 Å². The van der Waals surface area contributed by atoms with Crippen molar-refractivity contribution in [3.8, 4) is 11.4 Å². The molecule has 0 radical (unpaired) electrons. The van der Waals surface area contributed by atoms with Gasteiger partial charge in [0.15, 0.2) is 0 Å². The Morgan fingerprint density at radius 1 is 1.56 bits per heavy atom. The van der Waals surface area contributed by atoms with E-state index < -0.39 is 18.0 Å². The van der Waals surface area contributed by atoms with Gasteiger partial charge in [0, 0.05) is 19.7 Å². The van der Waals surface area contributed by atoms with Crippen molar-refractivity contribution >= 4 is 17.7 Å². The summed E-state index contributed by atoms with van der Waals surface area (Å²) in [7, 11) is 0. The lowest BCUT2D eigenvalue weighted by Crippen LogP contribution is -2.33. The molecule has 2 heterocycles. The van der Waals surface area contributed by atoms with Crippen LogP contribution in [0, 0.1) is 5.82 Å². The van der Waals surface area contributed by atoms with Crippen LogP contribution in [-0.2, 0) is 16.1 Å². The van der Waals surface area contributed by atoms with Crippen LogP contribution in [-0.4, -0.2) is 41.2 Å². The van der Waals surface area contributed by atoms with Gasteiger partial charge in [0.2, 0.25) is 5.91 Å². The van der Waals surface area contributed by atoms with Crippen molar-refractivity contribution in [3.05, 3.63) is 35.9 Å². The number of ether oxygens (including phenoxy) is 1. The number of nitrogens with one attached hydrogen (secondary N) is 2. The van der Waals surface area contributed by atoms with Crippen molar-refractivity contribution < 1.29 is 18.7 Å². The predicted octanol–water partition coefficient (Wildman–Crippen LogP) is 1.14. The minimum absolute atomic E-state index is 0.208. The highest BCUT2D eigenvalue weighted by molar-refractivity contribution is 5.90. The third kappa shape index (κ3) is 3.61. The molecule has 0 aliphatic carbocycles. The van der Waals surface area contributed by atoms with Gasteiger partial charge in [0.05, 0.1) is 30.0 Å². The number of aromatic nitrogens is 2. The molecule has 0 unspecified atom stereocenters. The molecule has 0 saturated carbocycles. The van der Waals surface area contributed by atoms with Gasteiger partial charge in [-0.15, -0.1) is 0 Å². The molecule has 1 aliphatic heterocycles. The van der Waals surface area contributed by atoms with E-state index in [9.17, 15) is 14.0 Å². The van der Waals surface area contributed by atoms with Gasteiger partial charge >= 0.3 is 6.09 Å². The van der Waals surface area contributed by atoms with Crippen LogP contribution in [0.2, 0.25) is 0 Å². The van der Waals surface area contributed by atoms with Crippen molar-refractivity contribution in [2.75, 3.05) is 18.0 Å². The van der Waals surface area contributed by atoms with Crippen LogP contribution in [0.3, 0.4) is 0 Å². The molecule has 132 valence electrons. The molecule has 1 fully saturated rings. The van der Waals surface area contributed by atoms with Crippen molar-refractivity contribution in [3.63, 3.8) is 0 Å². The molecule has 1 aliphatic rings. The number of benzene rings is 1. The average molecular weight is 347 g/mol. The summed E-state index contributed by atoms with van der Waals surface area (Å²) in [5.41, 5.74) is 6.78. The highest BCUT2D eigenvalue weighted by Crippen LogP contribution is 2.27. The van der Waals surface area contributed by atoms with Crippen LogP contribution in [0.15, 0.2) is 24.4 Å². The Balaban J connectivity index is 1.76. The van der Waals surface area contributed by atoms with Crippen LogP contribution >= 0.6 is 0 Å². The van der Waals surface area contributed by atoms with E-state index >= 15 is 0 Å². The molecule has 1 atom stereocenters. The number of amides is 2. The second-order valence-corrected chi connectivity index (χ2v) is 5.66. The lowest BCUT2D eigenvalue weighted by molar-refractivity contribution is -0.119. The van der Waals surface area contributed by atoms with Gasteiger partial charge in [0.25, 0.3) is 0 Å². The largest absolute Gasteiger partial charge is 0.442 e. The minimum Gasteiger partial charge on any atom is -0.442 e. The van der Waals surface area contributed by atoms with Crippen LogP contribution in [0.5, 0.6) is 0 Å². The molecule has 3 rings (SSSR count). The molecule has 1 saturated heterocycles. The number of anilines is 1. The fourth-order valence-electron chi connectivity index (χ4n) is 2.56. The number of imidazole rings is 1. The van der Waals surface area contributed by atoms with Crippen molar-refractivity contribution in [2.24, 2.45) is 5.73 Å². The molecular weight excluding hydrogens is 329 g/mol. The van der Waals surface area contributed by atoms with Gasteiger partial charge in [-0.25, -0.2) is 14.2 Å². The summed E-state index contributed by atoms with van der Waals surface area (Å²) in [6.45, 7) is 2.08. The van der Waals surface area contributed by atoms with E-state index in [1.165, 1.54) is 24.0 Å². The van der Waals surface area contributed by atoms with Crippen LogP contribution < -0.4 is 16.0 Å². The van der Waals surface area contributed by atoms with E-state index in [0.29, 0.717) is 17.2 Å². The average Bonchev–Trinajstić information content (AvgIpc) is 3.19. The van der Waals surface area contributed by atoms with E-state index in [1.54, 1.807) is 12.3 Å². The fraction of sp³-hybridized carbons (Fsp3) is 0.312. The summed E-state index contributed by atoms with van der Waals surface area (Å²) in [6.07, 6.45) is 0.565. The first-order valence-corrected chi connectivity index (χ1v) is 7.74. The van der Waals surface area contributed by atoms with E-state index in [-0.39, 0.29) is 31.1 Å². The second kappa shape index (κ2) is 6.89. The fourth-order valence-corrected chi connectivity index (χ4v) is 2.56. The first kappa shape index (κ1) is 16.9. The lowest BCUT2D eigenvalue weighted by atomic mass is 10.1. The number of hydrogen-bond acceptors (Lipinski definition) is 5. The van der Waals surface area contributed by atoms with Gasteiger partial charge in [-0.3, -0.25) is 9.69 Å². The van der Waals surface area contributed by atoms with Crippen molar-refractivity contribution in [1.82, 2.24) is 15.3 Å². The van der Waals surface area contributed by atoms with E-state index in [1.807, 2.05) is 0 Å². The SMILES string of the molecule is CC(=O)NC[C@H]1CN(c2ccc(-c3nc(CN)c[nH]3)c(F)c2)C(=O)O1. The van der Waals surface area contributed by atoms with Gasteiger partial charge in [-0.1, -0.05) is 0 Å². The Labute approximate surface area is 143 Å². The number of rotatable bonds is 5. The molecule has 0 spiro atoms. The number of carbonyl (C=O) groups excluding carboxylic acids is 2.